The molecule has 0 aliphatic carbocycles. The lowest BCUT2D eigenvalue weighted by atomic mass is 10.1. The van der Waals surface area contributed by atoms with Crippen LogP contribution in [0, 0.1) is 0 Å². The summed E-state index contributed by atoms with van der Waals surface area (Å²) in [6.07, 6.45) is 3.20. The first-order chi connectivity index (χ1) is 8.24. The van der Waals surface area contributed by atoms with Gasteiger partial charge in [0.05, 0.1) is 6.42 Å². The van der Waals surface area contributed by atoms with Crippen molar-refractivity contribution < 1.29 is 9.90 Å². The summed E-state index contributed by atoms with van der Waals surface area (Å²) in [4.78, 5) is 11.6. The molecule has 0 aliphatic heterocycles. The highest BCUT2D eigenvalue weighted by atomic mass is 16.3. The van der Waals surface area contributed by atoms with E-state index in [0.717, 1.165) is 19.3 Å². The molecule has 0 aromatic heterocycles. The van der Waals surface area contributed by atoms with Crippen LogP contribution in [-0.4, -0.2) is 24.1 Å². The average Bonchev–Trinajstić information content (AvgIpc) is 2.32. The number of carbonyl (C=O) groups excluding carboxylic acids is 1. The predicted octanol–water partition coefficient (Wildman–Crippen LogP) is 1.18. The molecule has 1 aromatic carbocycles. The van der Waals surface area contributed by atoms with Gasteiger partial charge < -0.3 is 16.2 Å². The van der Waals surface area contributed by atoms with Gasteiger partial charge in [-0.05, 0) is 25.5 Å². The van der Waals surface area contributed by atoms with Crippen LogP contribution in [0.5, 0.6) is 5.75 Å². The molecule has 1 amide bonds. The molecule has 4 N–H and O–H groups in total. The molecule has 1 aromatic rings. The van der Waals surface area contributed by atoms with Crippen LogP contribution in [0.3, 0.4) is 0 Å². The number of hydrogen-bond donors (Lipinski definition) is 3. The number of benzene rings is 1. The van der Waals surface area contributed by atoms with Gasteiger partial charge in [-0.3, -0.25) is 4.79 Å². The van der Waals surface area contributed by atoms with E-state index in [9.17, 15) is 9.90 Å². The average molecular weight is 236 g/mol. The van der Waals surface area contributed by atoms with Gasteiger partial charge in [0, 0.05) is 12.1 Å². The Morgan fingerprint density at radius 1 is 1.24 bits per heavy atom. The fourth-order valence-electron chi connectivity index (χ4n) is 1.57. The highest BCUT2D eigenvalue weighted by Gasteiger charge is 2.05. The number of carbonyl (C=O) groups is 1. The fraction of sp³-hybridized carbons (Fsp3) is 0.462. The van der Waals surface area contributed by atoms with E-state index < -0.39 is 0 Å². The summed E-state index contributed by atoms with van der Waals surface area (Å²) >= 11 is 0. The van der Waals surface area contributed by atoms with Crippen molar-refractivity contribution in [2.75, 3.05) is 13.1 Å². The maximum absolute atomic E-state index is 11.6. The second-order valence-electron chi connectivity index (χ2n) is 4.00. The Labute approximate surface area is 102 Å². The molecule has 4 nitrogen and oxygen atoms in total. The van der Waals surface area contributed by atoms with Gasteiger partial charge in [-0.15, -0.1) is 0 Å². The molecule has 0 saturated heterocycles. The largest absolute Gasteiger partial charge is 0.508 e. The summed E-state index contributed by atoms with van der Waals surface area (Å²) in [6, 6.07) is 6.89. The van der Waals surface area contributed by atoms with Crippen LogP contribution in [0.4, 0.5) is 0 Å². The Kier molecular flexibility index (Phi) is 6.10. The Morgan fingerprint density at radius 2 is 2.00 bits per heavy atom. The topological polar surface area (TPSA) is 75.3 Å². The number of unbranched alkanes of at least 4 members (excludes halogenated alkanes) is 2. The Morgan fingerprint density at radius 3 is 2.71 bits per heavy atom. The van der Waals surface area contributed by atoms with Gasteiger partial charge in [-0.1, -0.05) is 24.6 Å². The third kappa shape index (κ3) is 5.36. The first kappa shape index (κ1) is 13.5. The highest BCUT2D eigenvalue weighted by Crippen LogP contribution is 2.15. The smallest absolute Gasteiger partial charge is 0.224 e. The van der Waals surface area contributed by atoms with E-state index in [-0.39, 0.29) is 18.1 Å². The fourth-order valence-corrected chi connectivity index (χ4v) is 1.57. The van der Waals surface area contributed by atoms with Crippen molar-refractivity contribution in [2.45, 2.75) is 25.7 Å². The summed E-state index contributed by atoms with van der Waals surface area (Å²) < 4.78 is 0. The van der Waals surface area contributed by atoms with Crippen LogP contribution in [0.1, 0.15) is 24.8 Å². The van der Waals surface area contributed by atoms with E-state index in [4.69, 9.17) is 5.73 Å². The first-order valence-electron chi connectivity index (χ1n) is 5.97. The SMILES string of the molecule is NCCCCCNC(=O)Cc1ccccc1O. The number of phenolic OH excluding ortho intramolecular Hbond substituents is 1. The zero-order chi connectivity index (χ0) is 12.5. The van der Waals surface area contributed by atoms with Crippen molar-refractivity contribution >= 4 is 5.91 Å². The number of phenols is 1. The number of rotatable bonds is 7. The van der Waals surface area contributed by atoms with E-state index >= 15 is 0 Å². The monoisotopic (exact) mass is 236 g/mol. The van der Waals surface area contributed by atoms with Crippen LogP contribution in [0.2, 0.25) is 0 Å². The van der Waals surface area contributed by atoms with Crippen molar-refractivity contribution in [1.29, 1.82) is 0 Å². The van der Waals surface area contributed by atoms with Crippen LogP contribution in [-0.2, 0) is 11.2 Å². The van der Waals surface area contributed by atoms with Gasteiger partial charge in [0.1, 0.15) is 5.75 Å². The Hall–Kier alpha value is -1.55. The number of nitrogens with one attached hydrogen (secondary N) is 1. The van der Waals surface area contributed by atoms with Crippen molar-refractivity contribution in [3.8, 4) is 5.75 Å². The molecule has 1 rings (SSSR count). The normalized spacial score (nSPS) is 10.2. The summed E-state index contributed by atoms with van der Waals surface area (Å²) in [7, 11) is 0. The molecule has 0 atom stereocenters. The molecule has 0 heterocycles. The molecule has 0 spiro atoms. The van der Waals surface area contributed by atoms with Gasteiger partial charge in [-0.25, -0.2) is 0 Å². The molecule has 0 radical (unpaired) electrons. The van der Waals surface area contributed by atoms with Crippen molar-refractivity contribution in [2.24, 2.45) is 5.73 Å². The number of amides is 1. The quantitative estimate of drug-likeness (QED) is 0.622. The zero-order valence-electron chi connectivity index (χ0n) is 9.98. The van der Waals surface area contributed by atoms with Gasteiger partial charge in [0.25, 0.3) is 0 Å². The second kappa shape index (κ2) is 7.68. The van der Waals surface area contributed by atoms with Crippen LogP contribution < -0.4 is 11.1 Å². The number of aromatic hydroxyl groups is 1. The molecule has 0 fully saturated rings. The first-order valence-corrected chi connectivity index (χ1v) is 5.97. The minimum atomic E-state index is -0.0563. The summed E-state index contributed by atoms with van der Waals surface area (Å²) in [5.41, 5.74) is 6.03. The number of hydrogen-bond acceptors (Lipinski definition) is 3. The standard InChI is InChI=1S/C13H20N2O2/c14-8-4-1-5-9-15-13(17)10-11-6-2-3-7-12(11)16/h2-3,6-7,16H,1,4-5,8-10,14H2,(H,15,17). The highest BCUT2D eigenvalue weighted by molar-refractivity contribution is 5.79. The molecule has 4 heteroatoms. The van der Waals surface area contributed by atoms with E-state index in [1.165, 1.54) is 0 Å². The molecular formula is C13H20N2O2. The van der Waals surface area contributed by atoms with Crippen molar-refractivity contribution in [1.82, 2.24) is 5.32 Å². The lowest BCUT2D eigenvalue weighted by Crippen LogP contribution is -2.26. The van der Waals surface area contributed by atoms with Crippen molar-refractivity contribution in [3.63, 3.8) is 0 Å². The van der Waals surface area contributed by atoms with Gasteiger partial charge in [-0.2, -0.15) is 0 Å². The lowest BCUT2D eigenvalue weighted by molar-refractivity contribution is -0.120. The maximum atomic E-state index is 11.6. The van der Waals surface area contributed by atoms with Crippen LogP contribution >= 0.6 is 0 Å². The molecule has 17 heavy (non-hydrogen) atoms. The van der Waals surface area contributed by atoms with Gasteiger partial charge in [0.15, 0.2) is 0 Å². The second-order valence-corrected chi connectivity index (χ2v) is 4.00. The third-order valence-electron chi connectivity index (χ3n) is 2.55. The molecule has 94 valence electrons. The summed E-state index contributed by atoms with van der Waals surface area (Å²) in [6.45, 7) is 1.37. The van der Waals surface area contributed by atoms with E-state index in [2.05, 4.69) is 5.32 Å². The third-order valence-corrected chi connectivity index (χ3v) is 2.55. The predicted molar refractivity (Wildman–Crippen MR) is 67.7 cm³/mol. The number of nitrogens with two attached hydrogens (primary N) is 1. The Bertz CT molecular complexity index is 353. The van der Waals surface area contributed by atoms with Crippen LogP contribution in [0.15, 0.2) is 24.3 Å². The number of para-hydroxylation sites is 1. The lowest BCUT2D eigenvalue weighted by Gasteiger charge is -2.06. The van der Waals surface area contributed by atoms with Crippen molar-refractivity contribution in [3.05, 3.63) is 29.8 Å². The van der Waals surface area contributed by atoms with E-state index in [1.54, 1.807) is 18.2 Å². The van der Waals surface area contributed by atoms with Gasteiger partial charge in [0.2, 0.25) is 5.91 Å². The van der Waals surface area contributed by atoms with Gasteiger partial charge >= 0.3 is 0 Å². The molecule has 0 unspecified atom stereocenters. The Balaban J connectivity index is 2.23. The minimum absolute atomic E-state index is 0.0563. The maximum Gasteiger partial charge on any atom is 0.224 e. The van der Waals surface area contributed by atoms with E-state index in [1.807, 2.05) is 6.07 Å². The summed E-state index contributed by atoms with van der Waals surface area (Å²) in [5.74, 6) is 0.116. The molecule has 0 aliphatic rings. The van der Waals surface area contributed by atoms with Crippen LogP contribution in [0.25, 0.3) is 0 Å². The molecule has 0 saturated carbocycles. The van der Waals surface area contributed by atoms with E-state index in [0.29, 0.717) is 18.7 Å². The summed E-state index contributed by atoms with van der Waals surface area (Å²) in [5, 5.41) is 12.3. The zero-order valence-corrected chi connectivity index (χ0v) is 9.98. The molecular weight excluding hydrogens is 216 g/mol. The molecule has 0 bridgehead atoms. The minimum Gasteiger partial charge on any atom is -0.508 e.